The molecule has 1 aromatic heterocycles. The second kappa shape index (κ2) is 6.70. The second-order valence-corrected chi connectivity index (χ2v) is 6.92. The lowest BCUT2D eigenvalue weighted by atomic mass is 9.87. The predicted molar refractivity (Wildman–Crippen MR) is 76.3 cm³/mol. The van der Waals surface area contributed by atoms with E-state index in [0.29, 0.717) is 12.8 Å². The monoisotopic (exact) mass is 283 g/mol. The summed E-state index contributed by atoms with van der Waals surface area (Å²) < 4.78 is 0. The van der Waals surface area contributed by atoms with E-state index in [-0.39, 0.29) is 23.8 Å². The van der Waals surface area contributed by atoms with Gasteiger partial charge in [-0.15, -0.1) is 11.3 Å². The first-order valence-corrected chi connectivity index (χ1v) is 7.18. The summed E-state index contributed by atoms with van der Waals surface area (Å²) in [5, 5.41) is 13.7. The Morgan fingerprint density at radius 2 is 2.11 bits per heavy atom. The van der Waals surface area contributed by atoms with E-state index in [0.717, 1.165) is 4.88 Å². The van der Waals surface area contributed by atoms with E-state index in [9.17, 15) is 9.59 Å². The van der Waals surface area contributed by atoms with Crippen molar-refractivity contribution in [1.29, 1.82) is 0 Å². The summed E-state index contributed by atoms with van der Waals surface area (Å²) in [7, 11) is 0. The third kappa shape index (κ3) is 6.96. The van der Waals surface area contributed by atoms with Crippen LogP contribution in [0.25, 0.3) is 0 Å². The van der Waals surface area contributed by atoms with Gasteiger partial charge in [0.15, 0.2) is 0 Å². The normalized spacial score (nSPS) is 13.0. The van der Waals surface area contributed by atoms with Crippen molar-refractivity contribution in [3.63, 3.8) is 0 Å². The minimum atomic E-state index is -0.884. The Labute approximate surface area is 117 Å². The number of carboxylic acid groups (broad SMARTS) is 1. The van der Waals surface area contributed by atoms with E-state index >= 15 is 0 Å². The molecular formula is C14H21NO3S. The average Bonchev–Trinajstić information content (AvgIpc) is 2.65. The van der Waals surface area contributed by atoms with Crippen molar-refractivity contribution in [2.24, 2.45) is 5.41 Å². The summed E-state index contributed by atoms with van der Waals surface area (Å²) in [6.07, 6.45) is 0.931. The highest BCUT2D eigenvalue weighted by Crippen LogP contribution is 2.22. The highest BCUT2D eigenvalue weighted by Gasteiger charge is 2.22. The molecule has 0 aliphatic rings. The van der Waals surface area contributed by atoms with E-state index in [4.69, 9.17) is 5.11 Å². The van der Waals surface area contributed by atoms with Crippen molar-refractivity contribution >= 4 is 23.2 Å². The van der Waals surface area contributed by atoms with Crippen molar-refractivity contribution < 1.29 is 14.7 Å². The molecule has 0 aliphatic heterocycles. The Morgan fingerprint density at radius 1 is 1.42 bits per heavy atom. The SMILES string of the molecule is CC(C)(C)CC(CC(=O)O)NC(=O)Cc1cccs1. The van der Waals surface area contributed by atoms with Gasteiger partial charge in [-0.05, 0) is 23.3 Å². The molecule has 4 nitrogen and oxygen atoms in total. The van der Waals surface area contributed by atoms with Crippen LogP contribution in [0.5, 0.6) is 0 Å². The first-order chi connectivity index (χ1) is 8.76. The second-order valence-electron chi connectivity index (χ2n) is 5.88. The van der Waals surface area contributed by atoms with Gasteiger partial charge in [0.2, 0.25) is 5.91 Å². The van der Waals surface area contributed by atoms with Crippen LogP contribution in [-0.2, 0) is 16.0 Å². The average molecular weight is 283 g/mol. The molecule has 0 spiro atoms. The fourth-order valence-corrected chi connectivity index (χ4v) is 2.68. The van der Waals surface area contributed by atoms with Crippen LogP contribution in [0.4, 0.5) is 0 Å². The topological polar surface area (TPSA) is 66.4 Å². The summed E-state index contributed by atoms with van der Waals surface area (Å²) in [6, 6.07) is 3.49. The van der Waals surface area contributed by atoms with Crippen molar-refractivity contribution in [2.45, 2.75) is 46.1 Å². The van der Waals surface area contributed by atoms with E-state index in [2.05, 4.69) is 5.32 Å². The Morgan fingerprint density at radius 3 is 2.58 bits per heavy atom. The lowest BCUT2D eigenvalue weighted by Crippen LogP contribution is -2.39. The maximum atomic E-state index is 11.9. The lowest BCUT2D eigenvalue weighted by Gasteiger charge is -2.25. The molecule has 1 unspecified atom stereocenters. The van der Waals surface area contributed by atoms with Crippen molar-refractivity contribution in [2.75, 3.05) is 0 Å². The highest BCUT2D eigenvalue weighted by atomic mass is 32.1. The van der Waals surface area contributed by atoms with Crippen molar-refractivity contribution in [3.8, 4) is 0 Å². The number of hydrogen-bond acceptors (Lipinski definition) is 3. The van der Waals surface area contributed by atoms with Crippen molar-refractivity contribution in [1.82, 2.24) is 5.32 Å². The molecule has 0 saturated heterocycles. The molecule has 106 valence electrons. The molecule has 0 fully saturated rings. The molecule has 1 rings (SSSR count). The summed E-state index contributed by atoms with van der Waals surface area (Å²) in [6.45, 7) is 6.10. The number of thiophene rings is 1. The van der Waals surface area contributed by atoms with Crippen molar-refractivity contribution in [3.05, 3.63) is 22.4 Å². The summed E-state index contributed by atoms with van der Waals surface area (Å²) in [5.41, 5.74) is -0.0175. The molecule has 0 aliphatic carbocycles. The van der Waals surface area contributed by atoms with E-state index < -0.39 is 5.97 Å². The highest BCUT2D eigenvalue weighted by molar-refractivity contribution is 7.10. The summed E-state index contributed by atoms with van der Waals surface area (Å²) in [5.74, 6) is -0.997. The quantitative estimate of drug-likeness (QED) is 0.843. The van der Waals surface area contributed by atoms with Gasteiger partial charge in [-0.1, -0.05) is 26.8 Å². The number of carbonyl (C=O) groups is 2. The minimum Gasteiger partial charge on any atom is -0.481 e. The Balaban J connectivity index is 2.55. The fraction of sp³-hybridized carbons (Fsp3) is 0.571. The van der Waals surface area contributed by atoms with Crippen LogP contribution in [0.2, 0.25) is 0 Å². The summed E-state index contributed by atoms with van der Waals surface area (Å²) >= 11 is 1.53. The molecule has 0 aromatic carbocycles. The number of amides is 1. The molecule has 1 atom stereocenters. The maximum absolute atomic E-state index is 11.9. The number of rotatable bonds is 6. The Kier molecular flexibility index (Phi) is 5.54. The molecule has 0 bridgehead atoms. The van der Waals surface area contributed by atoms with Crippen LogP contribution in [-0.4, -0.2) is 23.0 Å². The van der Waals surface area contributed by atoms with Gasteiger partial charge in [0.05, 0.1) is 12.8 Å². The van der Waals surface area contributed by atoms with E-state index in [1.807, 2.05) is 38.3 Å². The number of hydrogen-bond donors (Lipinski definition) is 2. The van der Waals surface area contributed by atoms with Gasteiger partial charge in [0, 0.05) is 10.9 Å². The smallest absolute Gasteiger partial charge is 0.305 e. The molecule has 0 saturated carbocycles. The van der Waals surface area contributed by atoms with E-state index in [1.165, 1.54) is 11.3 Å². The van der Waals surface area contributed by atoms with Gasteiger partial charge in [0.25, 0.3) is 0 Å². The lowest BCUT2D eigenvalue weighted by molar-refractivity contribution is -0.137. The third-order valence-corrected chi connectivity index (χ3v) is 3.44. The Hall–Kier alpha value is -1.36. The van der Waals surface area contributed by atoms with Crippen LogP contribution in [0.1, 0.15) is 38.5 Å². The van der Waals surface area contributed by atoms with Crippen LogP contribution in [0, 0.1) is 5.41 Å². The van der Waals surface area contributed by atoms with E-state index in [1.54, 1.807) is 0 Å². The Bertz CT molecular complexity index is 420. The molecule has 19 heavy (non-hydrogen) atoms. The number of nitrogens with one attached hydrogen (secondary N) is 1. The van der Waals surface area contributed by atoms with Crippen LogP contribution in [0.3, 0.4) is 0 Å². The zero-order chi connectivity index (χ0) is 14.5. The number of carbonyl (C=O) groups excluding carboxylic acids is 1. The number of carboxylic acids is 1. The fourth-order valence-electron chi connectivity index (χ4n) is 1.97. The van der Waals surface area contributed by atoms with Crippen LogP contribution in [0.15, 0.2) is 17.5 Å². The predicted octanol–water partition coefficient (Wildman–Crippen LogP) is 2.69. The van der Waals surface area contributed by atoms with Gasteiger partial charge in [-0.2, -0.15) is 0 Å². The number of aliphatic carboxylic acids is 1. The van der Waals surface area contributed by atoms with Gasteiger partial charge in [0.1, 0.15) is 0 Å². The van der Waals surface area contributed by atoms with Gasteiger partial charge >= 0.3 is 5.97 Å². The molecule has 0 radical (unpaired) electrons. The first kappa shape index (κ1) is 15.7. The molecule has 1 amide bonds. The minimum absolute atomic E-state index is 0.0175. The first-order valence-electron chi connectivity index (χ1n) is 6.30. The molecule has 2 N–H and O–H groups in total. The van der Waals surface area contributed by atoms with Crippen LogP contribution >= 0.6 is 11.3 Å². The standard InChI is InChI=1S/C14H21NO3S/c1-14(2,3)9-10(7-13(17)18)15-12(16)8-11-5-4-6-19-11/h4-6,10H,7-9H2,1-3H3,(H,15,16)(H,17,18). The zero-order valence-corrected chi connectivity index (χ0v) is 12.4. The molecular weight excluding hydrogens is 262 g/mol. The summed E-state index contributed by atoms with van der Waals surface area (Å²) in [4.78, 5) is 23.7. The van der Waals surface area contributed by atoms with Crippen LogP contribution < -0.4 is 5.32 Å². The van der Waals surface area contributed by atoms with Gasteiger partial charge < -0.3 is 10.4 Å². The molecule has 5 heteroatoms. The maximum Gasteiger partial charge on any atom is 0.305 e. The molecule has 1 heterocycles. The van der Waals surface area contributed by atoms with Gasteiger partial charge in [-0.3, -0.25) is 9.59 Å². The molecule has 1 aromatic rings. The zero-order valence-electron chi connectivity index (χ0n) is 11.6. The van der Waals surface area contributed by atoms with Gasteiger partial charge in [-0.25, -0.2) is 0 Å². The largest absolute Gasteiger partial charge is 0.481 e. The third-order valence-electron chi connectivity index (χ3n) is 2.56.